The molecule has 1 fully saturated rings. The van der Waals surface area contributed by atoms with Crippen molar-refractivity contribution in [1.82, 2.24) is 15.1 Å². The molecule has 0 spiro atoms. The minimum Gasteiger partial charge on any atom is -0.399 e. The maximum atomic E-state index is 13.0. The third-order valence-electron chi connectivity index (χ3n) is 6.47. The van der Waals surface area contributed by atoms with Crippen LogP contribution in [0.3, 0.4) is 0 Å². The van der Waals surface area contributed by atoms with Gasteiger partial charge in [0.25, 0.3) is 11.5 Å². The van der Waals surface area contributed by atoms with Gasteiger partial charge in [-0.2, -0.15) is 5.10 Å². The molecule has 170 valence electrons. The van der Waals surface area contributed by atoms with Gasteiger partial charge in [-0.1, -0.05) is 30.3 Å². The lowest BCUT2D eigenvalue weighted by Crippen LogP contribution is -2.41. The molecule has 3 aromatic rings. The zero-order valence-electron chi connectivity index (χ0n) is 19.3. The Hall–Kier alpha value is -3.30. The van der Waals surface area contributed by atoms with Gasteiger partial charge in [0.1, 0.15) is 0 Å². The standard InChI is InChI=1S/C24H26BN3O5/c1-23(2)24(3,4)33-25(32-23)16-10-11-18-19(12-16)20(26-27-21(18)30)13-28(5)22(31)17-9-7-6-8-15(17)14-29/h6-12,14H,13H2,1-5H3,(H,27,30). The van der Waals surface area contributed by atoms with Crippen molar-refractivity contribution in [3.05, 3.63) is 69.6 Å². The topological polar surface area (TPSA) is 102 Å². The van der Waals surface area contributed by atoms with Gasteiger partial charge in [0.05, 0.1) is 34.4 Å². The lowest BCUT2D eigenvalue weighted by molar-refractivity contribution is 0.00578. The van der Waals surface area contributed by atoms with Crippen LogP contribution in [-0.2, 0) is 15.9 Å². The average Bonchev–Trinajstić information content (AvgIpc) is 3.01. The molecule has 2 aromatic carbocycles. The van der Waals surface area contributed by atoms with Gasteiger partial charge in [-0.05, 0) is 45.3 Å². The van der Waals surface area contributed by atoms with Crippen molar-refractivity contribution >= 4 is 35.5 Å². The Morgan fingerprint density at radius 3 is 2.42 bits per heavy atom. The number of benzene rings is 2. The second-order valence-electron chi connectivity index (χ2n) is 9.26. The van der Waals surface area contributed by atoms with Gasteiger partial charge in [0, 0.05) is 18.0 Å². The summed E-state index contributed by atoms with van der Waals surface area (Å²) in [5, 5.41) is 7.77. The van der Waals surface area contributed by atoms with Crippen LogP contribution in [-0.4, -0.2) is 52.7 Å². The smallest absolute Gasteiger partial charge is 0.399 e. The second-order valence-corrected chi connectivity index (χ2v) is 9.26. The average molecular weight is 447 g/mol. The van der Waals surface area contributed by atoms with Crippen LogP contribution in [0.25, 0.3) is 10.8 Å². The van der Waals surface area contributed by atoms with Gasteiger partial charge in [-0.3, -0.25) is 14.4 Å². The maximum Gasteiger partial charge on any atom is 0.494 e. The van der Waals surface area contributed by atoms with Crippen molar-refractivity contribution in [2.24, 2.45) is 0 Å². The molecule has 0 aliphatic carbocycles. The summed E-state index contributed by atoms with van der Waals surface area (Å²) in [5.74, 6) is -0.319. The van der Waals surface area contributed by atoms with E-state index in [2.05, 4.69) is 10.2 Å². The number of fused-ring (bicyclic) bond motifs is 1. The Morgan fingerprint density at radius 2 is 1.76 bits per heavy atom. The summed E-state index contributed by atoms with van der Waals surface area (Å²) in [5.41, 5.74) is 0.575. The van der Waals surface area contributed by atoms with E-state index in [0.717, 1.165) is 5.46 Å². The first kappa shape index (κ1) is 22.9. The first-order valence-corrected chi connectivity index (χ1v) is 10.7. The number of hydrogen-bond acceptors (Lipinski definition) is 6. The summed E-state index contributed by atoms with van der Waals surface area (Å²) >= 11 is 0. The van der Waals surface area contributed by atoms with E-state index in [1.54, 1.807) is 43.4 Å². The van der Waals surface area contributed by atoms with Crippen molar-refractivity contribution in [2.45, 2.75) is 45.4 Å². The van der Waals surface area contributed by atoms with Crippen LogP contribution in [0.15, 0.2) is 47.3 Å². The Labute approximate surface area is 192 Å². The molecular weight excluding hydrogens is 421 g/mol. The van der Waals surface area contributed by atoms with Crippen LogP contribution < -0.4 is 11.0 Å². The molecule has 9 heteroatoms. The predicted octanol–water partition coefficient (Wildman–Crippen LogP) is 2.31. The minimum absolute atomic E-state index is 0.131. The quantitative estimate of drug-likeness (QED) is 0.476. The fourth-order valence-electron chi connectivity index (χ4n) is 3.78. The number of amides is 1. The highest BCUT2D eigenvalue weighted by Gasteiger charge is 2.51. The molecule has 8 nitrogen and oxygen atoms in total. The number of aromatic amines is 1. The second kappa shape index (κ2) is 8.24. The number of rotatable bonds is 5. The summed E-state index contributed by atoms with van der Waals surface area (Å²) in [4.78, 5) is 38.2. The summed E-state index contributed by atoms with van der Waals surface area (Å²) < 4.78 is 12.3. The maximum absolute atomic E-state index is 13.0. The van der Waals surface area contributed by atoms with Gasteiger partial charge in [-0.25, -0.2) is 5.10 Å². The molecule has 4 rings (SSSR count). The summed E-state index contributed by atoms with van der Waals surface area (Å²) in [7, 11) is 1.03. The van der Waals surface area contributed by atoms with Crippen molar-refractivity contribution < 1.29 is 18.9 Å². The number of hydrogen-bond donors (Lipinski definition) is 1. The van der Waals surface area contributed by atoms with E-state index in [4.69, 9.17) is 9.31 Å². The van der Waals surface area contributed by atoms with E-state index in [1.807, 2.05) is 33.8 Å². The highest BCUT2D eigenvalue weighted by molar-refractivity contribution is 6.62. The van der Waals surface area contributed by atoms with Gasteiger partial charge >= 0.3 is 7.12 Å². The third-order valence-corrected chi connectivity index (χ3v) is 6.47. The predicted molar refractivity (Wildman–Crippen MR) is 126 cm³/mol. The molecule has 1 aliphatic heterocycles. The Balaban J connectivity index is 1.69. The fraction of sp³-hybridized carbons (Fsp3) is 0.333. The van der Waals surface area contributed by atoms with Gasteiger partial charge in [0.15, 0.2) is 6.29 Å². The van der Waals surface area contributed by atoms with E-state index in [0.29, 0.717) is 33.9 Å². The van der Waals surface area contributed by atoms with Crippen molar-refractivity contribution in [3.8, 4) is 0 Å². The SMILES string of the molecule is CN(Cc1n[nH]c(=O)c2ccc(B3OC(C)(C)C(C)(C)O3)cc12)C(=O)c1ccccc1C=O. The van der Waals surface area contributed by atoms with E-state index >= 15 is 0 Å². The molecule has 1 aliphatic rings. The Morgan fingerprint density at radius 1 is 1.09 bits per heavy atom. The van der Waals surface area contributed by atoms with Crippen molar-refractivity contribution in [3.63, 3.8) is 0 Å². The lowest BCUT2D eigenvalue weighted by atomic mass is 9.78. The van der Waals surface area contributed by atoms with E-state index < -0.39 is 18.3 Å². The molecule has 0 atom stereocenters. The fourth-order valence-corrected chi connectivity index (χ4v) is 3.78. The number of aldehydes is 1. The summed E-state index contributed by atoms with van der Waals surface area (Å²) in [6.07, 6.45) is 0.658. The van der Waals surface area contributed by atoms with Crippen LogP contribution in [0.4, 0.5) is 0 Å². The Bertz CT molecular complexity index is 1280. The van der Waals surface area contributed by atoms with E-state index in [1.165, 1.54) is 4.90 Å². The molecule has 2 heterocycles. The largest absolute Gasteiger partial charge is 0.494 e. The number of aromatic nitrogens is 2. The highest BCUT2D eigenvalue weighted by atomic mass is 16.7. The molecule has 0 unspecified atom stereocenters. The molecule has 0 bridgehead atoms. The molecule has 1 saturated heterocycles. The zero-order chi connectivity index (χ0) is 24.0. The van der Waals surface area contributed by atoms with Crippen molar-refractivity contribution in [2.75, 3.05) is 7.05 Å². The molecule has 33 heavy (non-hydrogen) atoms. The minimum atomic E-state index is -0.592. The van der Waals surface area contributed by atoms with Crippen LogP contribution in [0.1, 0.15) is 54.1 Å². The number of nitrogens with one attached hydrogen (secondary N) is 1. The van der Waals surface area contributed by atoms with E-state index in [-0.39, 0.29) is 18.0 Å². The molecule has 1 N–H and O–H groups in total. The molecule has 1 aromatic heterocycles. The van der Waals surface area contributed by atoms with E-state index in [9.17, 15) is 14.4 Å². The number of carbonyl (C=O) groups excluding carboxylic acids is 2. The third kappa shape index (κ3) is 4.09. The van der Waals surface area contributed by atoms with Crippen LogP contribution in [0.2, 0.25) is 0 Å². The molecule has 0 radical (unpaired) electrons. The first-order chi connectivity index (χ1) is 15.5. The molecular formula is C24H26BN3O5. The number of carbonyl (C=O) groups is 2. The van der Waals surface area contributed by atoms with Gasteiger partial charge < -0.3 is 14.2 Å². The first-order valence-electron chi connectivity index (χ1n) is 10.7. The highest BCUT2D eigenvalue weighted by Crippen LogP contribution is 2.36. The van der Waals surface area contributed by atoms with Gasteiger partial charge in [-0.15, -0.1) is 0 Å². The molecule has 1 amide bonds. The summed E-state index contributed by atoms with van der Waals surface area (Å²) in [6, 6.07) is 12.0. The van der Waals surface area contributed by atoms with Crippen LogP contribution in [0.5, 0.6) is 0 Å². The normalized spacial score (nSPS) is 16.7. The van der Waals surface area contributed by atoms with Crippen molar-refractivity contribution in [1.29, 1.82) is 0 Å². The van der Waals surface area contributed by atoms with Crippen LogP contribution in [0, 0.1) is 0 Å². The number of nitrogens with zero attached hydrogens (tertiary/aromatic N) is 2. The van der Waals surface area contributed by atoms with Gasteiger partial charge in [0.2, 0.25) is 0 Å². The monoisotopic (exact) mass is 447 g/mol. The summed E-state index contributed by atoms with van der Waals surface area (Å²) in [6.45, 7) is 8.03. The Kier molecular flexibility index (Phi) is 5.71. The lowest BCUT2D eigenvalue weighted by Gasteiger charge is -2.32. The number of H-pyrrole nitrogens is 1. The van der Waals surface area contributed by atoms with Crippen LogP contribution >= 0.6 is 0 Å². The molecule has 0 saturated carbocycles. The zero-order valence-corrected chi connectivity index (χ0v) is 19.3.